The van der Waals surface area contributed by atoms with Gasteiger partial charge in [0, 0.05) is 6.54 Å². The van der Waals surface area contributed by atoms with E-state index in [0.717, 1.165) is 10.4 Å². The van der Waals surface area contributed by atoms with E-state index in [0.29, 0.717) is 23.7 Å². The Bertz CT molecular complexity index is 878. The zero-order valence-corrected chi connectivity index (χ0v) is 16.4. The standard InChI is InChI=1S/C21H25F3N2O2/c1-13(2)11-28-17-8-7-14-9-16(6-5-15(14)10-17)18(21(22,23)24)26-12-20(3,4)19(27)25-26/h5-10,13,18H,11-12H2,1-4H3,(H,25,27). The number of halogens is 3. The fourth-order valence-electron chi connectivity index (χ4n) is 3.29. The van der Waals surface area contributed by atoms with Gasteiger partial charge in [-0.2, -0.15) is 13.2 Å². The second-order valence-electron chi connectivity index (χ2n) is 8.37. The van der Waals surface area contributed by atoms with Crippen LogP contribution in [0.15, 0.2) is 36.4 Å². The monoisotopic (exact) mass is 394 g/mol. The number of hydrazine groups is 1. The lowest BCUT2D eigenvalue weighted by molar-refractivity contribution is -0.191. The third-order valence-corrected chi connectivity index (χ3v) is 4.78. The number of hydrogen-bond donors (Lipinski definition) is 1. The van der Waals surface area contributed by atoms with E-state index in [4.69, 9.17) is 4.74 Å². The van der Waals surface area contributed by atoms with Crippen LogP contribution < -0.4 is 10.2 Å². The minimum atomic E-state index is -4.53. The molecule has 1 unspecified atom stereocenters. The van der Waals surface area contributed by atoms with Gasteiger partial charge < -0.3 is 4.74 Å². The maximum absolute atomic E-state index is 13.9. The molecule has 1 N–H and O–H groups in total. The largest absolute Gasteiger partial charge is 0.493 e. The molecule has 7 heteroatoms. The molecule has 0 radical (unpaired) electrons. The first-order chi connectivity index (χ1) is 13.0. The van der Waals surface area contributed by atoms with Crippen LogP contribution in [0.2, 0.25) is 0 Å². The van der Waals surface area contributed by atoms with Crippen molar-refractivity contribution >= 4 is 16.7 Å². The number of alkyl halides is 3. The molecule has 0 spiro atoms. The lowest BCUT2D eigenvalue weighted by Crippen LogP contribution is -2.43. The molecular weight excluding hydrogens is 369 g/mol. The van der Waals surface area contributed by atoms with Crippen molar-refractivity contribution in [3.05, 3.63) is 42.0 Å². The summed E-state index contributed by atoms with van der Waals surface area (Å²) in [4.78, 5) is 12.0. The van der Waals surface area contributed by atoms with E-state index < -0.39 is 23.5 Å². The molecule has 2 aromatic carbocycles. The van der Waals surface area contributed by atoms with Gasteiger partial charge in [0.1, 0.15) is 11.8 Å². The maximum atomic E-state index is 13.9. The van der Waals surface area contributed by atoms with Crippen LogP contribution in [0.4, 0.5) is 13.2 Å². The SMILES string of the molecule is CC(C)COc1ccc2cc(C(N3CC(C)(C)C(=O)N3)C(F)(F)F)ccc2c1. The maximum Gasteiger partial charge on any atom is 0.409 e. The Balaban J connectivity index is 1.93. The normalized spacial score (nSPS) is 18.5. The molecule has 3 rings (SSSR count). The van der Waals surface area contributed by atoms with Gasteiger partial charge in [-0.3, -0.25) is 10.2 Å². The number of amides is 1. The van der Waals surface area contributed by atoms with Crippen LogP contribution in [0.1, 0.15) is 39.3 Å². The second-order valence-corrected chi connectivity index (χ2v) is 8.37. The Morgan fingerprint density at radius 3 is 2.36 bits per heavy atom. The summed E-state index contributed by atoms with van der Waals surface area (Å²) in [6.45, 7) is 7.91. The second kappa shape index (κ2) is 7.28. The van der Waals surface area contributed by atoms with Gasteiger partial charge in [0.25, 0.3) is 0 Å². The van der Waals surface area contributed by atoms with Crippen molar-refractivity contribution in [3.8, 4) is 5.75 Å². The summed E-state index contributed by atoms with van der Waals surface area (Å²) in [5, 5.41) is 2.48. The fourth-order valence-corrected chi connectivity index (χ4v) is 3.29. The fraction of sp³-hybridized carbons (Fsp3) is 0.476. The van der Waals surface area contributed by atoms with E-state index >= 15 is 0 Å². The highest BCUT2D eigenvalue weighted by Crippen LogP contribution is 2.41. The van der Waals surface area contributed by atoms with Crippen molar-refractivity contribution in [2.45, 2.75) is 39.9 Å². The highest BCUT2D eigenvalue weighted by molar-refractivity contribution is 5.85. The van der Waals surface area contributed by atoms with Crippen molar-refractivity contribution in [1.29, 1.82) is 0 Å². The van der Waals surface area contributed by atoms with Gasteiger partial charge in [-0.1, -0.05) is 32.0 Å². The highest BCUT2D eigenvalue weighted by atomic mass is 19.4. The van der Waals surface area contributed by atoms with E-state index in [-0.39, 0.29) is 12.1 Å². The van der Waals surface area contributed by atoms with Crippen molar-refractivity contribution < 1.29 is 22.7 Å². The van der Waals surface area contributed by atoms with Crippen LogP contribution in [0, 0.1) is 11.3 Å². The van der Waals surface area contributed by atoms with E-state index in [1.54, 1.807) is 32.0 Å². The molecule has 28 heavy (non-hydrogen) atoms. The first kappa shape index (κ1) is 20.5. The zero-order chi connectivity index (χ0) is 20.7. The molecule has 0 aromatic heterocycles. The van der Waals surface area contributed by atoms with Gasteiger partial charge in [-0.15, -0.1) is 0 Å². The average molecular weight is 394 g/mol. The van der Waals surface area contributed by atoms with Crippen LogP contribution >= 0.6 is 0 Å². The summed E-state index contributed by atoms with van der Waals surface area (Å²) in [5.74, 6) is 0.662. The molecule has 1 fully saturated rings. The number of carbonyl (C=O) groups is 1. The van der Waals surface area contributed by atoms with Crippen molar-refractivity contribution in [2.24, 2.45) is 11.3 Å². The minimum absolute atomic E-state index is 0.0178. The van der Waals surface area contributed by atoms with Crippen LogP contribution in [0.5, 0.6) is 5.75 Å². The molecule has 152 valence electrons. The number of benzene rings is 2. The predicted octanol–water partition coefficient (Wildman–Crippen LogP) is 4.85. The van der Waals surface area contributed by atoms with Gasteiger partial charge in [0.15, 0.2) is 0 Å². The van der Waals surface area contributed by atoms with Crippen LogP contribution in [0.3, 0.4) is 0 Å². The Hall–Kier alpha value is -2.28. The van der Waals surface area contributed by atoms with Gasteiger partial charge in [-0.25, -0.2) is 5.01 Å². The molecular formula is C21H25F3N2O2. The predicted molar refractivity (Wildman–Crippen MR) is 102 cm³/mol. The number of rotatable bonds is 5. The lowest BCUT2D eigenvalue weighted by Gasteiger charge is -2.30. The van der Waals surface area contributed by atoms with Crippen LogP contribution in [0.25, 0.3) is 10.8 Å². The third-order valence-electron chi connectivity index (χ3n) is 4.78. The van der Waals surface area contributed by atoms with Crippen molar-refractivity contribution in [1.82, 2.24) is 10.4 Å². The van der Waals surface area contributed by atoms with E-state index in [9.17, 15) is 18.0 Å². The first-order valence-electron chi connectivity index (χ1n) is 9.28. The summed E-state index contributed by atoms with van der Waals surface area (Å²) >= 11 is 0. The number of nitrogens with one attached hydrogen (secondary N) is 1. The first-order valence-corrected chi connectivity index (χ1v) is 9.28. The number of carbonyl (C=O) groups excluding carboxylic acids is 1. The Morgan fingerprint density at radius 2 is 1.79 bits per heavy atom. The molecule has 0 saturated carbocycles. The summed E-state index contributed by atoms with van der Waals surface area (Å²) in [6, 6.07) is 8.09. The number of fused-ring (bicyclic) bond motifs is 1. The lowest BCUT2D eigenvalue weighted by atomic mass is 9.93. The molecule has 1 aliphatic heterocycles. The van der Waals surface area contributed by atoms with Crippen molar-refractivity contribution in [3.63, 3.8) is 0 Å². The summed E-state index contributed by atoms with van der Waals surface area (Å²) in [7, 11) is 0. The van der Waals surface area contributed by atoms with Gasteiger partial charge in [0.05, 0.1) is 12.0 Å². The molecule has 4 nitrogen and oxygen atoms in total. The summed E-state index contributed by atoms with van der Waals surface area (Å²) < 4.78 is 47.3. The van der Waals surface area contributed by atoms with E-state index in [1.807, 2.05) is 19.9 Å². The smallest absolute Gasteiger partial charge is 0.409 e. The van der Waals surface area contributed by atoms with Crippen molar-refractivity contribution in [2.75, 3.05) is 13.2 Å². The van der Waals surface area contributed by atoms with E-state index in [1.165, 1.54) is 12.1 Å². The molecule has 1 heterocycles. The van der Waals surface area contributed by atoms with Gasteiger partial charge in [0.2, 0.25) is 5.91 Å². The number of nitrogens with zero attached hydrogens (tertiary/aromatic N) is 1. The molecule has 1 atom stereocenters. The van der Waals surface area contributed by atoms with Crippen LogP contribution in [-0.2, 0) is 4.79 Å². The molecule has 1 amide bonds. The third kappa shape index (κ3) is 4.24. The topological polar surface area (TPSA) is 41.6 Å². The van der Waals surface area contributed by atoms with Gasteiger partial charge >= 0.3 is 6.18 Å². The quantitative estimate of drug-likeness (QED) is 0.788. The number of hydrogen-bond acceptors (Lipinski definition) is 3. The zero-order valence-electron chi connectivity index (χ0n) is 16.4. The van der Waals surface area contributed by atoms with Crippen LogP contribution in [-0.4, -0.2) is 30.2 Å². The molecule has 0 bridgehead atoms. The molecule has 1 saturated heterocycles. The van der Waals surface area contributed by atoms with E-state index in [2.05, 4.69) is 5.43 Å². The average Bonchev–Trinajstić information content (AvgIpc) is 2.84. The molecule has 0 aliphatic carbocycles. The number of ether oxygens (including phenoxy) is 1. The Morgan fingerprint density at radius 1 is 1.14 bits per heavy atom. The highest BCUT2D eigenvalue weighted by Gasteiger charge is 2.51. The molecule has 1 aliphatic rings. The minimum Gasteiger partial charge on any atom is -0.493 e. The summed E-state index contributed by atoms with van der Waals surface area (Å²) in [5.41, 5.74) is 1.61. The Kier molecular flexibility index (Phi) is 5.32. The molecule has 2 aromatic rings. The summed E-state index contributed by atoms with van der Waals surface area (Å²) in [6.07, 6.45) is -4.53. The Labute approximate surface area is 162 Å². The van der Waals surface area contributed by atoms with Gasteiger partial charge in [-0.05, 0) is 54.3 Å².